The van der Waals surface area contributed by atoms with Crippen LogP contribution in [0.1, 0.15) is 38.8 Å². The van der Waals surface area contributed by atoms with Crippen LogP contribution in [0.4, 0.5) is 0 Å². The van der Waals surface area contributed by atoms with Crippen molar-refractivity contribution < 1.29 is 14.2 Å². The Labute approximate surface area is 122 Å². The molecule has 0 saturated heterocycles. The Morgan fingerprint density at radius 3 is 2.25 bits per heavy atom. The highest BCUT2D eigenvalue weighted by atomic mass is 16.5. The number of likely N-dealkylation sites (N-methyl/N-ethyl adjacent to an activating group) is 1. The van der Waals surface area contributed by atoms with Crippen molar-refractivity contribution in [3.05, 3.63) is 23.8 Å². The van der Waals surface area contributed by atoms with E-state index in [2.05, 4.69) is 25.2 Å². The predicted octanol–water partition coefficient (Wildman–Crippen LogP) is 3.17. The third kappa shape index (κ3) is 4.12. The minimum absolute atomic E-state index is 0.151. The molecule has 0 aliphatic rings. The number of benzene rings is 1. The summed E-state index contributed by atoms with van der Waals surface area (Å²) in [5.41, 5.74) is 1.16. The standard InChI is InChI=1S/C16H27NO3/c1-6-13(20-8-3)16(17-7-2)12-9-10-14(18-4)15(11-12)19-5/h9-11,13,16-17H,6-8H2,1-5H3. The van der Waals surface area contributed by atoms with E-state index in [9.17, 15) is 0 Å². The van der Waals surface area contributed by atoms with Gasteiger partial charge in [0.05, 0.1) is 26.4 Å². The van der Waals surface area contributed by atoms with Gasteiger partial charge in [0.15, 0.2) is 11.5 Å². The Morgan fingerprint density at radius 1 is 1.05 bits per heavy atom. The maximum atomic E-state index is 5.86. The lowest BCUT2D eigenvalue weighted by Crippen LogP contribution is -2.33. The number of ether oxygens (including phenoxy) is 3. The molecule has 0 aromatic heterocycles. The van der Waals surface area contributed by atoms with Crippen LogP contribution in [-0.4, -0.2) is 33.5 Å². The molecule has 2 atom stereocenters. The SMILES string of the molecule is CCNC(c1ccc(OC)c(OC)c1)C(CC)OCC. The minimum atomic E-state index is 0.151. The van der Waals surface area contributed by atoms with E-state index in [1.165, 1.54) is 0 Å². The molecule has 0 heterocycles. The average molecular weight is 281 g/mol. The average Bonchev–Trinajstić information content (AvgIpc) is 2.50. The minimum Gasteiger partial charge on any atom is -0.493 e. The van der Waals surface area contributed by atoms with Crippen LogP contribution in [0.5, 0.6) is 11.5 Å². The van der Waals surface area contributed by atoms with Crippen LogP contribution in [-0.2, 0) is 4.74 Å². The molecule has 0 saturated carbocycles. The number of hydrogen-bond acceptors (Lipinski definition) is 4. The van der Waals surface area contributed by atoms with E-state index in [1.54, 1.807) is 14.2 Å². The van der Waals surface area contributed by atoms with E-state index in [4.69, 9.17) is 14.2 Å². The highest BCUT2D eigenvalue weighted by molar-refractivity contribution is 5.44. The summed E-state index contributed by atoms with van der Waals surface area (Å²) in [5, 5.41) is 3.50. The summed E-state index contributed by atoms with van der Waals surface area (Å²) in [7, 11) is 3.30. The van der Waals surface area contributed by atoms with E-state index in [0.29, 0.717) is 6.61 Å². The van der Waals surface area contributed by atoms with Crippen molar-refractivity contribution >= 4 is 0 Å². The van der Waals surface area contributed by atoms with Gasteiger partial charge in [0.2, 0.25) is 0 Å². The van der Waals surface area contributed by atoms with Gasteiger partial charge in [-0.05, 0) is 37.6 Å². The first kappa shape index (κ1) is 16.8. The first-order valence-electron chi connectivity index (χ1n) is 7.28. The molecule has 4 heteroatoms. The molecule has 1 N–H and O–H groups in total. The monoisotopic (exact) mass is 281 g/mol. The van der Waals surface area contributed by atoms with E-state index in [-0.39, 0.29) is 12.1 Å². The van der Waals surface area contributed by atoms with Crippen molar-refractivity contribution in [3.8, 4) is 11.5 Å². The van der Waals surface area contributed by atoms with Gasteiger partial charge < -0.3 is 19.5 Å². The van der Waals surface area contributed by atoms with Crippen LogP contribution in [0.15, 0.2) is 18.2 Å². The Kier molecular flexibility index (Phi) is 7.41. The zero-order valence-electron chi connectivity index (χ0n) is 13.2. The van der Waals surface area contributed by atoms with Crippen molar-refractivity contribution in [3.63, 3.8) is 0 Å². The van der Waals surface area contributed by atoms with Gasteiger partial charge in [-0.25, -0.2) is 0 Å². The van der Waals surface area contributed by atoms with Crippen LogP contribution >= 0.6 is 0 Å². The smallest absolute Gasteiger partial charge is 0.161 e. The molecule has 20 heavy (non-hydrogen) atoms. The quantitative estimate of drug-likeness (QED) is 0.754. The molecule has 1 rings (SSSR count). The van der Waals surface area contributed by atoms with E-state index in [1.807, 2.05) is 19.1 Å². The third-order valence-corrected chi connectivity index (χ3v) is 3.35. The number of rotatable bonds is 9. The number of hydrogen-bond donors (Lipinski definition) is 1. The molecular formula is C16H27NO3. The predicted molar refractivity (Wildman–Crippen MR) is 81.7 cm³/mol. The van der Waals surface area contributed by atoms with Crippen molar-refractivity contribution in [1.29, 1.82) is 0 Å². The Morgan fingerprint density at radius 2 is 1.75 bits per heavy atom. The molecule has 0 spiro atoms. The van der Waals surface area contributed by atoms with Crippen LogP contribution < -0.4 is 14.8 Å². The Bertz CT molecular complexity index is 395. The number of nitrogens with one attached hydrogen (secondary N) is 1. The Hall–Kier alpha value is -1.26. The number of methoxy groups -OCH3 is 2. The van der Waals surface area contributed by atoms with Gasteiger partial charge >= 0.3 is 0 Å². The van der Waals surface area contributed by atoms with Crippen molar-refractivity contribution in [2.24, 2.45) is 0 Å². The maximum absolute atomic E-state index is 5.86. The lowest BCUT2D eigenvalue weighted by molar-refractivity contribution is 0.0317. The second-order valence-electron chi connectivity index (χ2n) is 4.55. The summed E-state index contributed by atoms with van der Waals surface area (Å²) < 4.78 is 16.5. The van der Waals surface area contributed by atoms with Crippen molar-refractivity contribution in [1.82, 2.24) is 5.32 Å². The zero-order chi connectivity index (χ0) is 15.0. The molecule has 2 unspecified atom stereocenters. The lowest BCUT2D eigenvalue weighted by Gasteiger charge is -2.27. The second kappa shape index (κ2) is 8.82. The Balaban J connectivity index is 3.07. The lowest BCUT2D eigenvalue weighted by atomic mass is 9.98. The molecule has 114 valence electrons. The van der Waals surface area contributed by atoms with Gasteiger partial charge in [-0.15, -0.1) is 0 Å². The molecule has 4 nitrogen and oxygen atoms in total. The molecule has 0 radical (unpaired) electrons. The van der Waals surface area contributed by atoms with Crippen LogP contribution in [0, 0.1) is 0 Å². The van der Waals surface area contributed by atoms with Crippen LogP contribution in [0.3, 0.4) is 0 Å². The highest BCUT2D eigenvalue weighted by Crippen LogP contribution is 2.32. The molecule has 0 aliphatic heterocycles. The normalized spacial score (nSPS) is 13.8. The van der Waals surface area contributed by atoms with Gasteiger partial charge in [0.1, 0.15) is 0 Å². The van der Waals surface area contributed by atoms with Gasteiger partial charge in [0, 0.05) is 6.61 Å². The summed E-state index contributed by atoms with van der Waals surface area (Å²) in [6, 6.07) is 6.19. The fraction of sp³-hybridized carbons (Fsp3) is 0.625. The first-order chi connectivity index (χ1) is 9.71. The van der Waals surface area contributed by atoms with Crippen LogP contribution in [0.25, 0.3) is 0 Å². The largest absolute Gasteiger partial charge is 0.493 e. The molecule has 0 amide bonds. The summed E-state index contributed by atoms with van der Waals surface area (Å²) in [6.45, 7) is 7.88. The summed E-state index contributed by atoms with van der Waals surface area (Å²) >= 11 is 0. The topological polar surface area (TPSA) is 39.7 Å². The highest BCUT2D eigenvalue weighted by Gasteiger charge is 2.22. The van der Waals surface area contributed by atoms with Crippen molar-refractivity contribution in [2.45, 2.75) is 39.3 Å². The molecule has 0 bridgehead atoms. The van der Waals surface area contributed by atoms with Gasteiger partial charge in [-0.3, -0.25) is 0 Å². The zero-order valence-corrected chi connectivity index (χ0v) is 13.2. The second-order valence-corrected chi connectivity index (χ2v) is 4.55. The van der Waals surface area contributed by atoms with Gasteiger partial charge in [-0.2, -0.15) is 0 Å². The summed E-state index contributed by atoms with van der Waals surface area (Å²) in [4.78, 5) is 0. The van der Waals surface area contributed by atoms with Gasteiger partial charge in [0.25, 0.3) is 0 Å². The summed E-state index contributed by atoms with van der Waals surface area (Å²) in [5.74, 6) is 1.50. The molecule has 0 fully saturated rings. The molecule has 0 aliphatic carbocycles. The van der Waals surface area contributed by atoms with E-state index >= 15 is 0 Å². The fourth-order valence-electron chi connectivity index (χ4n) is 2.39. The molecule has 1 aromatic rings. The fourth-order valence-corrected chi connectivity index (χ4v) is 2.39. The van der Waals surface area contributed by atoms with Crippen LogP contribution in [0.2, 0.25) is 0 Å². The van der Waals surface area contributed by atoms with E-state index in [0.717, 1.165) is 30.0 Å². The maximum Gasteiger partial charge on any atom is 0.161 e. The third-order valence-electron chi connectivity index (χ3n) is 3.35. The first-order valence-corrected chi connectivity index (χ1v) is 7.28. The van der Waals surface area contributed by atoms with E-state index < -0.39 is 0 Å². The molecular weight excluding hydrogens is 254 g/mol. The summed E-state index contributed by atoms with van der Waals surface area (Å²) in [6.07, 6.45) is 1.11. The van der Waals surface area contributed by atoms with Crippen molar-refractivity contribution in [2.75, 3.05) is 27.4 Å². The molecule has 1 aromatic carbocycles. The van der Waals surface area contributed by atoms with Gasteiger partial charge in [-0.1, -0.05) is 19.9 Å².